The summed E-state index contributed by atoms with van der Waals surface area (Å²) in [5.41, 5.74) is 2.76. The van der Waals surface area contributed by atoms with E-state index in [1.165, 1.54) is 0 Å². The largest absolute Gasteiger partial charge is 0.372 e. The van der Waals surface area contributed by atoms with Gasteiger partial charge in [0.2, 0.25) is 11.9 Å². The number of carbonyl (C=O) groups is 1. The summed E-state index contributed by atoms with van der Waals surface area (Å²) in [6, 6.07) is 16.5. The number of nitrogens with zero attached hydrogens (tertiary/aromatic N) is 1. The summed E-state index contributed by atoms with van der Waals surface area (Å²) in [4.78, 5) is 22.1. The maximum atomic E-state index is 11.9. The number of hydrogen-bond acceptors (Lipinski definition) is 4. The van der Waals surface area contributed by atoms with Gasteiger partial charge < -0.3 is 10.1 Å². The van der Waals surface area contributed by atoms with Gasteiger partial charge in [-0.05, 0) is 23.3 Å². The molecule has 1 fully saturated rings. The molecule has 0 bridgehead atoms. The van der Waals surface area contributed by atoms with Crippen molar-refractivity contribution in [2.24, 2.45) is 5.92 Å². The van der Waals surface area contributed by atoms with E-state index in [2.05, 4.69) is 5.32 Å². The van der Waals surface area contributed by atoms with Crippen LogP contribution in [0.2, 0.25) is 0 Å². The van der Waals surface area contributed by atoms with Crippen LogP contribution < -0.4 is 5.32 Å². The van der Waals surface area contributed by atoms with Gasteiger partial charge in [0.15, 0.2) is 0 Å². The van der Waals surface area contributed by atoms with Crippen LogP contribution in [0.25, 0.3) is 0 Å². The molecule has 1 saturated carbocycles. The highest BCUT2D eigenvalue weighted by molar-refractivity contribution is 5.94. The van der Waals surface area contributed by atoms with E-state index in [1.54, 1.807) is 12.1 Å². The summed E-state index contributed by atoms with van der Waals surface area (Å²) < 4.78 is 5.65. The molecule has 124 valence electrons. The second-order valence-electron chi connectivity index (χ2n) is 5.86. The van der Waals surface area contributed by atoms with E-state index >= 15 is 0 Å². The Bertz CT molecular complexity index is 716. The first-order chi connectivity index (χ1) is 11.6. The van der Waals surface area contributed by atoms with Gasteiger partial charge >= 0.3 is 0 Å². The van der Waals surface area contributed by atoms with Crippen molar-refractivity contribution in [3.8, 4) is 0 Å². The Labute approximate surface area is 139 Å². The first kappa shape index (κ1) is 16.1. The van der Waals surface area contributed by atoms with Crippen molar-refractivity contribution in [3.05, 3.63) is 75.8 Å². The summed E-state index contributed by atoms with van der Waals surface area (Å²) in [5.74, 6) is -0.793. The molecule has 0 radical (unpaired) electrons. The smallest absolute Gasteiger partial charge is 0.234 e. The zero-order chi connectivity index (χ0) is 16.9. The van der Waals surface area contributed by atoms with Crippen LogP contribution in [0.5, 0.6) is 0 Å². The van der Waals surface area contributed by atoms with Crippen LogP contribution in [-0.4, -0.2) is 16.9 Å². The molecule has 3 rings (SSSR count). The third-order valence-corrected chi connectivity index (χ3v) is 3.97. The Kier molecular flexibility index (Phi) is 4.86. The second kappa shape index (κ2) is 7.23. The summed E-state index contributed by atoms with van der Waals surface area (Å²) in [6.45, 7) is 1.03. The topological polar surface area (TPSA) is 81.5 Å². The third-order valence-electron chi connectivity index (χ3n) is 3.97. The first-order valence-corrected chi connectivity index (χ1v) is 7.78. The van der Waals surface area contributed by atoms with Gasteiger partial charge in [0, 0.05) is 17.0 Å². The molecule has 2 atom stereocenters. The van der Waals surface area contributed by atoms with Crippen molar-refractivity contribution in [3.63, 3.8) is 0 Å². The quantitative estimate of drug-likeness (QED) is 0.626. The minimum Gasteiger partial charge on any atom is -0.372 e. The average molecular weight is 326 g/mol. The number of nitrogens with one attached hydrogen (secondary N) is 1. The summed E-state index contributed by atoms with van der Waals surface area (Å²) in [5, 5.41) is 13.3. The molecule has 1 aliphatic rings. The summed E-state index contributed by atoms with van der Waals surface area (Å²) in [7, 11) is 0. The summed E-state index contributed by atoms with van der Waals surface area (Å²) >= 11 is 0. The van der Waals surface area contributed by atoms with Gasteiger partial charge in [-0.25, -0.2) is 0 Å². The van der Waals surface area contributed by atoms with Crippen LogP contribution in [0.4, 0.5) is 5.69 Å². The maximum absolute atomic E-state index is 11.9. The normalized spacial score (nSPS) is 18.8. The van der Waals surface area contributed by atoms with Crippen LogP contribution in [-0.2, 0) is 22.7 Å². The SMILES string of the molecule is O=C(Nc1ccc(COCc2ccccc2)cc1)[C@H]1C[C@@H]1[N+](=O)[O-]. The van der Waals surface area contributed by atoms with Crippen LogP contribution in [0.3, 0.4) is 0 Å². The highest BCUT2D eigenvalue weighted by Crippen LogP contribution is 2.34. The third kappa shape index (κ3) is 4.17. The first-order valence-electron chi connectivity index (χ1n) is 7.78. The Balaban J connectivity index is 1.45. The number of benzene rings is 2. The fraction of sp³-hybridized carbons (Fsp3) is 0.278. The lowest BCUT2D eigenvalue weighted by molar-refractivity contribution is -0.497. The lowest BCUT2D eigenvalue weighted by Crippen LogP contribution is -2.18. The van der Waals surface area contributed by atoms with Crippen LogP contribution in [0, 0.1) is 16.0 Å². The van der Waals surface area contributed by atoms with Crippen molar-refractivity contribution < 1.29 is 14.5 Å². The number of carbonyl (C=O) groups excluding carboxylic acids is 1. The van der Waals surface area contributed by atoms with Crippen molar-refractivity contribution in [1.82, 2.24) is 0 Å². The zero-order valence-corrected chi connectivity index (χ0v) is 13.1. The van der Waals surface area contributed by atoms with Gasteiger partial charge in [-0.1, -0.05) is 42.5 Å². The predicted molar refractivity (Wildman–Crippen MR) is 88.9 cm³/mol. The van der Waals surface area contributed by atoms with E-state index in [4.69, 9.17) is 4.74 Å². The molecule has 0 heterocycles. The van der Waals surface area contributed by atoms with E-state index in [9.17, 15) is 14.9 Å². The molecule has 0 unspecified atom stereocenters. The number of hydrogen-bond donors (Lipinski definition) is 1. The molecule has 24 heavy (non-hydrogen) atoms. The molecule has 6 nitrogen and oxygen atoms in total. The maximum Gasteiger partial charge on any atom is 0.234 e. The number of anilines is 1. The Morgan fingerprint density at radius 2 is 1.71 bits per heavy atom. The van der Waals surface area contributed by atoms with Gasteiger partial charge in [0.1, 0.15) is 5.92 Å². The minimum absolute atomic E-state index is 0.287. The average Bonchev–Trinajstić information content (AvgIpc) is 3.38. The molecule has 1 amide bonds. The van der Waals surface area contributed by atoms with E-state index < -0.39 is 16.9 Å². The van der Waals surface area contributed by atoms with Crippen molar-refractivity contribution in [2.45, 2.75) is 25.7 Å². The molecule has 6 heteroatoms. The van der Waals surface area contributed by atoms with Gasteiger partial charge in [0.25, 0.3) is 0 Å². The Hall–Kier alpha value is -2.73. The molecule has 0 aromatic heterocycles. The fourth-order valence-electron chi connectivity index (χ4n) is 2.48. The number of rotatable bonds is 7. The molecule has 2 aromatic rings. The molecule has 0 saturated heterocycles. The van der Waals surface area contributed by atoms with Crippen LogP contribution in [0.15, 0.2) is 54.6 Å². The standard InChI is InChI=1S/C18H18N2O4/c21-18(16-10-17(16)20(22)23)19-15-8-6-14(7-9-15)12-24-11-13-4-2-1-3-5-13/h1-9,16-17H,10-12H2,(H,19,21)/t16-,17-/m0/s1. The van der Waals surface area contributed by atoms with E-state index in [0.29, 0.717) is 25.3 Å². The molecule has 1 aliphatic carbocycles. The molecule has 0 spiro atoms. The molecule has 2 aromatic carbocycles. The zero-order valence-electron chi connectivity index (χ0n) is 13.1. The predicted octanol–water partition coefficient (Wildman–Crippen LogP) is 3.01. The highest BCUT2D eigenvalue weighted by atomic mass is 16.6. The molecule has 1 N–H and O–H groups in total. The van der Waals surface area contributed by atoms with Crippen molar-refractivity contribution in [2.75, 3.05) is 5.32 Å². The lowest BCUT2D eigenvalue weighted by Gasteiger charge is -2.07. The van der Waals surface area contributed by atoms with Crippen LogP contribution >= 0.6 is 0 Å². The molecule has 0 aliphatic heterocycles. The number of amides is 1. The van der Waals surface area contributed by atoms with E-state index in [1.807, 2.05) is 42.5 Å². The monoisotopic (exact) mass is 326 g/mol. The molecular formula is C18H18N2O4. The van der Waals surface area contributed by atoms with Crippen LogP contribution in [0.1, 0.15) is 17.5 Å². The van der Waals surface area contributed by atoms with E-state index in [-0.39, 0.29) is 5.91 Å². The molecular weight excluding hydrogens is 308 g/mol. The minimum atomic E-state index is -0.726. The lowest BCUT2D eigenvalue weighted by atomic mass is 10.2. The van der Waals surface area contributed by atoms with Crippen molar-refractivity contribution >= 4 is 11.6 Å². The number of ether oxygens (including phenoxy) is 1. The highest BCUT2D eigenvalue weighted by Gasteiger charge is 2.53. The fourth-order valence-corrected chi connectivity index (χ4v) is 2.48. The summed E-state index contributed by atoms with van der Waals surface area (Å²) in [6.07, 6.45) is 0.324. The van der Waals surface area contributed by atoms with Crippen molar-refractivity contribution in [1.29, 1.82) is 0 Å². The van der Waals surface area contributed by atoms with Gasteiger partial charge in [-0.15, -0.1) is 0 Å². The van der Waals surface area contributed by atoms with Gasteiger partial charge in [-0.2, -0.15) is 0 Å². The Morgan fingerprint density at radius 1 is 1.08 bits per heavy atom. The second-order valence-corrected chi connectivity index (χ2v) is 5.86. The Morgan fingerprint density at radius 3 is 2.29 bits per heavy atom. The van der Waals surface area contributed by atoms with Gasteiger partial charge in [-0.3, -0.25) is 14.9 Å². The van der Waals surface area contributed by atoms with Gasteiger partial charge in [0.05, 0.1) is 13.2 Å². The van der Waals surface area contributed by atoms with E-state index in [0.717, 1.165) is 11.1 Å². The number of nitro groups is 1.